The van der Waals surface area contributed by atoms with Crippen LogP contribution in [0.2, 0.25) is 0 Å². The highest BCUT2D eigenvalue weighted by atomic mass is 15.3. The quantitative estimate of drug-likeness (QED) is 0.816. The molecule has 20 heavy (non-hydrogen) atoms. The number of hydrogen-bond acceptors (Lipinski definition) is 2. The van der Waals surface area contributed by atoms with Crippen LogP contribution in [0.15, 0.2) is 60.7 Å². The predicted molar refractivity (Wildman–Crippen MR) is 86.5 cm³/mol. The van der Waals surface area contributed by atoms with Crippen molar-refractivity contribution in [3.05, 3.63) is 60.7 Å². The number of hydrogen-bond donors (Lipinski definition) is 0. The number of para-hydroxylation sites is 2. The highest BCUT2D eigenvalue weighted by Crippen LogP contribution is 2.27. The van der Waals surface area contributed by atoms with E-state index in [1.54, 1.807) is 0 Å². The molecule has 1 saturated heterocycles. The summed E-state index contributed by atoms with van der Waals surface area (Å²) >= 11 is 0. The van der Waals surface area contributed by atoms with Gasteiger partial charge in [0.1, 0.15) is 0 Å². The molecule has 0 amide bonds. The Bertz CT molecular complexity index is 526. The third-order valence-corrected chi connectivity index (χ3v) is 4.09. The van der Waals surface area contributed by atoms with Gasteiger partial charge in [-0.2, -0.15) is 0 Å². The molecule has 2 nitrogen and oxygen atoms in total. The summed E-state index contributed by atoms with van der Waals surface area (Å²) in [5.41, 5.74) is 2.67. The molecule has 104 valence electrons. The summed E-state index contributed by atoms with van der Waals surface area (Å²) in [5, 5.41) is 0. The van der Waals surface area contributed by atoms with E-state index in [0.717, 1.165) is 13.1 Å². The fourth-order valence-electron chi connectivity index (χ4n) is 3.28. The third-order valence-electron chi connectivity index (χ3n) is 4.09. The van der Waals surface area contributed by atoms with Crippen LogP contribution in [0.4, 0.5) is 11.4 Å². The lowest BCUT2D eigenvalue weighted by molar-refractivity contribution is 0.475. The van der Waals surface area contributed by atoms with E-state index in [4.69, 9.17) is 0 Å². The van der Waals surface area contributed by atoms with Crippen LogP contribution in [-0.2, 0) is 0 Å². The van der Waals surface area contributed by atoms with Crippen molar-refractivity contribution in [1.29, 1.82) is 0 Å². The summed E-state index contributed by atoms with van der Waals surface area (Å²) in [6.45, 7) is 6.78. The van der Waals surface area contributed by atoms with Crippen LogP contribution in [-0.4, -0.2) is 25.2 Å². The van der Waals surface area contributed by atoms with Crippen molar-refractivity contribution in [1.82, 2.24) is 0 Å². The zero-order valence-electron chi connectivity index (χ0n) is 12.2. The monoisotopic (exact) mass is 266 g/mol. The molecule has 0 N–H and O–H groups in total. The van der Waals surface area contributed by atoms with E-state index < -0.39 is 0 Å². The van der Waals surface area contributed by atoms with Crippen LogP contribution in [0.5, 0.6) is 0 Å². The van der Waals surface area contributed by atoms with Crippen LogP contribution in [0.25, 0.3) is 0 Å². The molecule has 0 bridgehead atoms. The van der Waals surface area contributed by atoms with Crippen LogP contribution in [0.1, 0.15) is 13.8 Å². The molecule has 2 atom stereocenters. The Labute approximate surface area is 121 Å². The number of anilines is 2. The Morgan fingerprint density at radius 1 is 0.700 bits per heavy atom. The minimum atomic E-state index is 0.515. The molecule has 2 heteroatoms. The molecule has 3 rings (SSSR count). The fraction of sp³-hybridized carbons (Fsp3) is 0.333. The largest absolute Gasteiger partial charge is 0.367 e. The average Bonchev–Trinajstić information content (AvgIpc) is 2.48. The maximum Gasteiger partial charge on any atom is 0.0440 e. The smallest absolute Gasteiger partial charge is 0.0440 e. The average molecular weight is 266 g/mol. The van der Waals surface area contributed by atoms with Gasteiger partial charge in [0.2, 0.25) is 0 Å². The molecule has 0 aliphatic carbocycles. The minimum Gasteiger partial charge on any atom is -0.367 e. The molecule has 1 aliphatic heterocycles. The second-order valence-corrected chi connectivity index (χ2v) is 5.68. The first kappa shape index (κ1) is 13.0. The van der Waals surface area contributed by atoms with Gasteiger partial charge in [-0.1, -0.05) is 36.4 Å². The van der Waals surface area contributed by atoms with Gasteiger partial charge in [-0.25, -0.2) is 0 Å². The van der Waals surface area contributed by atoms with Gasteiger partial charge in [0.15, 0.2) is 0 Å². The van der Waals surface area contributed by atoms with Crippen molar-refractivity contribution < 1.29 is 0 Å². The summed E-state index contributed by atoms with van der Waals surface area (Å²) < 4.78 is 0. The van der Waals surface area contributed by atoms with Gasteiger partial charge in [0, 0.05) is 36.5 Å². The minimum absolute atomic E-state index is 0.515. The lowest BCUT2D eigenvalue weighted by atomic mass is 10.1. The number of nitrogens with zero attached hydrogens (tertiary/aromatic N) is 2. The maximum atomic E-state index is 2.54. The molecule has 0 aromatic heterocycles. The van der Waals surface area contributed by atoms with Gasteiger partial charge in [-0.15, -0.1) is 0 Å². The van der Waals surface area contributed by atoms with Gasteiger partial charge in [-0.3, -0.25) is 0 Å². The van der Waals surface area contributed by atoms with Crippen molar-refractivity contribution >= 4 is 11.4 Å². The standard InChI is InChI=1S/C18H22N2/c1-15-13-19(17-9-5-3-6-10-17)14-16(2)20(15)18-11-7-4-8-12-18/h3-12,15-16H,13-14H2,1-2H3/t15-,16-/m1/s1. The van der Waals surface area contributed by atoms with Gasteiger partial charge in [-0.05, 0) is 38.1 Å². The number of piperazine rings is 1. The molecule has 0 unspecified atom stereocenters. The van der Waals surface area contributed by atoms with Gasteiger partial charge in [0.25, 0.3) is 0 Å². The Balaban J connectivity index is 1.80. The number of benzene rings is 2. The Morgan fingerprint density at radius 3 is 1.65 bits per heavy atom. The second-order valence-electron chi connectivity index (χ2n) is 5.68. The van der Waals surface area contributed by atoms with Crippen LogP contribution in [0.3, 0.4) is 0 Å². The van der Waals surface area contributed by atoms with E-state index in [-0.39, 0.29) is 0 Å². The maximum absolute atomic E-state index is 2.54. The number of rotatable bonds is 2. The van der Waals surface area contributed by atoms with Crippen molar-refractivity contribution in [3.8, 4) is 0 Å². The normalized spacial score (nSPS) is 22.9. The van der Waals surface area contributed by atoms with Crippen molar-refractivity contribution in [2.24, 2.45) is 0 Å². The summed E-state index contributed by atoms with van der Waals surface area (Å²) in [4.78, 5) is 5.04. The van der Waals surface area contributed by atoms with Crippen LogP contribution in [0, 0.1) is 0 Å². The van der Waals surface area contributed by atoms with Gasteiger partial charge >= 0.3 is 0 Å². The van der Waals surface area contributed by atoms with Gasteiger partial charge in [0.05, 0.1) is 0 Å². The highest BCUT2D eigenvalue weighted by Gasteiger charge is 2.29. The Morgan fingerprint density at radius 2 is 1.15 bits per heavy atom. The summed E-state index contributed by atoms with van der Waals surface area (Å²) in [5.74, 6) is 0. The first-order valence-electron chi connectivity index (χ1n) is 7.39. The van der Waals surface area contributed by atoms with Gasteiger partial charge < -0.3 is 9.80 Å². The van der Waals surface area contributed by atoms with Crippen LogP contribution >= 0.6 is 0 Å². The van der Waals surface area contributed by atoms with Crippen LogP contribution < -0.4 is 9.80 Å². The Kier molecular flexibility index (Phi) is 3.64. The van der Waals surface area contributed by atoms with E-state index in [9.17, 15) is 0 Å². The second kappa shape index (κ2) is 5.58. The molecule has 0 spiro atoms. The lowest BCUT2D eigenvalue weighted by Gasteiger charge is -2.46. The SMILES string of the molecule is C[C@@H]1CN(c2ccccc2)C[C@@H](C)N1c1ccccc1. The fourth-order valence-corrected chi connectivity index (χ4v) is 3.28. The van der Waals surface area contributed by atoms with Crippen molar-refractivity contribution in [2.75, 3.05) is 22.9 Å². The molecule has 0 saturated carbocycles. The van der Waals surface area contributed by atoms with Crippen molar-refractivity contribution in [3.63, 3.8) is 0 Å². The van der Waals surface area contributed by atoms with E-state index >= 15 is 0 Å². The summed E-state index contributed by atoms with van der Waals surface area (Å²) in [6, 6.07) is 22.5. The highest BCUT2D eigenvalue weighted by molar-refractivity contribution is 5.53. The molecule has 2 aromatic rings. The van der Waals surface area contributed by atoms with E-state index in [1.807, 2.05) is 0 Å². The van der Waals surface area contributed by atoms with E-state index in [0.29, 0.717) is 12.1 Å². The molecule has 2 aromatic carbocycles. The molecular weight excluding hydrogens is 244 g/mol. The first-order chi connectivity index (χ1) is 9.75. The molecule has 0 radical (unpaired) electrons. The summed E-state index contributed by atoms with van der Waals surface area (Å²) in [7, 11) is 0. The third kappa shape index (κ3) is 2.51. The molecule has 1 fully saturated rings. The first-order valence-corrected chi connectivity index (χ1v) is 7.39. The summed E-state index contributed by atoms with van der Waals surface area (Å²) in [6.07, 6.45) is 0. The van der Waals surface area contributed by atoms with E-state index in [2.05, 4.69) is 84.3 Å². The zero-order chi connectivity index (χ0) is 13.9. The molecule has 1 aliphatic rings. The Hall–Kier alpha value is -1.96. The topological polar surface area (TPSA) is 6.48 Å². The predicted octanol–water partition coefficient (Wildman–Crippen LogP) is 3.79. The molecule has 1 heterocycles. The molecular formula is C18H22N2. The lowest BCUT2D eigenvalue weighted by Crippen LogP contribution is -2.57. The van der Waals surface area contributed by atoms with E-state index in [1.165, 1.54) is 11.4 Å². The van der Waals surface area contributed by atoms with Crippen molar-refractivity contribution in [2.45, 2.75) is 25.9 Å². The zero-order valence-corrected chi connectivity index (χ0v) is 12.2.